The molecule has 0 atom stereocenters. The molecule has 0 bridgehead atoms. The Morgan fingerprint density at radius 1 is 0.587 bits per heavy atom. The Hall–Kier alpha value is -4.58. The van der Waals surface area contributed by atoms with Crippen LogP contribution in [0, 0.1) is 6.92 Å². The summed E-state index contributed by atoms with van der Waals surface area (Å²) in [6.45, 7) is 22.1. The van der Waals surface area contributed by atoms with Crippen molar-refractivity contribution in [3.05, 3.63) is 109 Å². The Morgan fingerprint density at radius 2 is 1.22 bits per heavy atom. The van der Waals surface area contributed by atoms with Crippen molar-refractivity contribution in [2.24, 2.45) is 7.05 Å². The normalized spacial score (nSPS) is 12.2. The second-order valence-electron chi connectivity index (χ2n) is 15.2. The number of aromatic nitrogens is 6. The van der Waals surface area contributed by atoms with Crippen molar-refractivity contribution >= 4 is 32.8 Å². The predicted octanol–water partition coefficient (Wildman–Crippen LogP) is 10.3. The van der Waals surface area contributed by atoms with Crippen molar-refractivity contribution in [2.45, 2.75) is 85.9 Å². The number of aryl methyl sites for hydroxylation is 2. The molecule has 240 valence electrons. The van der Waals surface area contributed by atoms with Crippen LogP contribution in [0.1, 0.15) is 67.9 Å². The standard InChI is InChI=1S/C15H18N4.C13H17N.C12H15N/c1-15(2,3)19-10-16-13-6-5-11(7-14(13)19)12-8-17-18(4)9-12;1-10-9-14(13(2,3)4)12-8-6-5-7-11(10)12;1-12(2,3)13-9-8-10-6-4-5-7-11(10)13/h5-10H,1-4H3;5-9H,1-4H3;4-9H,1-3H3. The lowest BCUT2D eigenvalue weighted by Gasteiger charge is -2.22. The first-order chi connectivity index (χ1) is 21.5. The van der Waals surface area contributed by atoms with Crippen LogP contribution in [0.5, 0.6) is 0 Å². The smallest absolute Gasteiger partial charge is 0.0963 e. The van der Waals surface area contributed by atoms with E-state index in [4.69, 9.17) is 0 Å². The van der Waals surface area contributed by atoms with E-state index in [1.54, 1.807) is 0 Å². The second-order valence-corrected chi connectivity index (χ2v) is 15.2. The summed E-state index contributed by atoms with van der Waals surface area (Å²) in [6.07, 6.45) is 10.2. The van der Waals surface area contributed by atoms with Crippen LogP contribution >= 0.6 is 0 Å². The maximum absolute atomic E-state index is 4.47. The van der Waals surface area contributed by atoms with Crippen molar-refractivity contribution in [1.29, 1.82) is 0 Å². The largest absolute Gasteiger partial charge is 0.342 e. The molecule has 0 saturated heterocycles. The van der Waals surface area contributed by atoms with Crippen molar-refractivity contribution in [3.8, 4) is 11.1 Å². The van der Waals surface area contributed by atoms with Crippen LogP contribution in [0.15, 0.2) is 104 Å². The van der Waals surface area contributed by atoms with Crippen LogP contribution in [0.4, 0.5) is 0 Å². The van der Waals surface area contributed by atoms with Crippen LogP contribution in [-0.2, 0) is 23.7 Å². The van der Waals surface area contributed by atoms with Gasteiger partial charge in [0.25, 0.3) is 0 Å². The number of benzene rings is 3. The molecule has 6 heteroatoms. The molecule has 7 rings (SSSR count). The number of fused-ring (bicyclic) bond motifs is 3. The summed E-state index contributed by atoms with van der Waals surface area (Å²) >= 11 is 0. The number of rotatable bonds is 1. The third-order valence-electron chi connectivity index (χ3n) is 8.26. The fourth-order valence-electron chi connectivity index (χ4n) is 5.86. The molecule has 0 aliphatic rings. The highest BCUT2D eigenvalue weighted by atomic mass is 15.2. The van der Waals surface area contributed by atoms with Crippen LogP contribution < -0.4 is 0 Å². The third-order valence-corrected chi connectivity index (χ3v) is 8.26. The first kappa shape index (κ1) is 32.8. The number of hydrogen-bond donors (Lipinski definition) is 0. The summed E-state index contributed by atoms with van der Waals surface area (Å²) in [5, 5.41) is 6.91. The second kappa shape index (κ2) is 12.3. The molecule has 0 radical (unpaired) electrons. The summed E-state index contributed by atoms with van der Waals surface area (Å²) in [4.78, 5) is 4.47. The van der Waals surface area contributed by atoms with E-state index in [0.29, 0.717) is 0 Å². The van der Waals surface area contributed by atoms with E-state index in [1.807, 2.05) is 30.5 Å². The molecule has 0 fully saturated rings. The molecule has 0 unspecified atom stereocenters. The molecule has 3 aromatic carbocycles. The zero-order chi connectivity index (χ0) is 33.4. The van der Waals surface area contributed by atoms with Gasteiger partial charge in [-0.05, 0) is 116 Å². The zero-order valence-corrected chi connectivity index (χ0v) is 29.5. The van der Waals surface area contributed by atoms with Crippen molar-refractivity contribution < 1.29 is 0 Å². The Balaban J connectivity index is 0.000000139. The van der Waals surface area contributed by atoms with Crippen LogP contribution in [-0.4, -0.2) is 28.5 Å². The number of nitrogens with zero attached hydrogens (tertiary/aromatic N) is 6. The molecule has 0 saturated carbocycles. The summed E-state index contributed by atoms with van der Waals surface area (Å²) in [5.74, 6) is 0. The van der Waals surface area contributed by atoms with Crippen molar-refractivity contribution in [1.82, 2.24) is 28.5 Å². The lowest BCUT2D eigenvalue weighted by Crippen LogP contribution is -2.20. The summed E-state index contributed by atoms with van der Waals surface area (Å²) in [6, 6.07) is 25.6. The van der Waals surface area contributed by atoms with Crippen molar-refractivity contribution in [3.63, 3.8) is 0 Å². The maximum atomic E-state index is 4.47. The third kappa shape index (κ3) is 6.96. The monoisotopic (exact) mass is 614 g/mol. The molecule has 0 aliphatic heterocycles. The van der Waals surface area contributed by atoms with Gasteiger partial charge in [-0.15, -0.1) is 0 Å². The highest BCUT2D eigenvalue weighted by molar-refractivity contribution is 5.84. The average Bonchev–Trinajstić information content (AvgIpc) is 3.77. The van der Waals surface area contributed by atoms with E-state index in [0.717, 1.165) is 16.6 Å². The van der Waals surface area contributed by atoms with E-state index in [-0.39, 0.29) is 16.6 Å². The van der Waals surface area contributed by atoms with Gasteiger partial charge in [0.05, 0.1) is 23.6 Å². The minimum Gasteiger partial charge on any atom is -0.342 e. The van der Waals surface area contributed by atoms with E-state index >= 15 is 0 Å². The highest BCUT2D eigenvalue weighted by Gasteiger charge is 2.18. The lowest BCUT2D eigenvalue weighted by atomic mass is 10.1. The topological polar surface area (TPSA) is 45.5 Å². The number of imidazole rings is 1. The maximum Gasteiger partial charge on any atom is 0.0963 e. The minimum absolute atomic E-state index is 0.0301. The van der Waals surface area contributed by atoms with Crippen LogP contribution in [0.2, 0.25) is 0 Å². The van der Waals surface area contributed by atoms with Gasteiger partial charge in [0.15, 0.2) is 0 Å². The summed E-state index contributed by atoms with van der Waals surface area (Å²) < 4.78 is 8.68. The van der Waals surface area contributed by atoms with Gasteiger partial charge in [0.1, 0.15) is 0 Å². The molecular weight excluding hydrogens is 564 g/mol. The van der Waals surface area contributed by atoms with Crippen LogP contribution in [0.25, 0.3) is 44.0 Å². The molecule has 6 nitrogen and oxygen atoms in total. The van der Waals surface area contributed by atoms with Gasteiger partial charge >= 0.3 is 0 Å². The van der Waals surface area contributed by atoms with Gasteiger partial charge in [-0.1, -0.05) is 42.5 Å². The molecule has 46 heavy (non-hydrogen) atoms. The van der Waals surface area contributed by atoms with E-state index < -0.39 is 0 Å². The molecule has 4 aromatic heterocycles. The van der Waals surface area contributed by atoms with Gasteiger partial charge in [-0.3, -0.25) is 4.68 Å². The van der Waals surface area contributed by atoms with E-state index in [1.165, 1.54) is 32.9 Å². The molecule has 0 N–H and O–H groups in total. The summed E-state index contributed by atoms with van der Waals surface area (Å²) in [7, 11) is 1.93. The Bertz CT molecular complexity index is 2080. The fraction of sp³-hybridized carbons (Fsp3) is 0.350. The lowest BCUT2D eigenvalue weighted by molar-refractivity contribution is 0.408. The van der Waals surface area contributed by atoms with Gasteiger partial charge in [0, 0.05) is 64.2 Å². The molecular formula is C40H50N6. The summed E-state index contributed by atoms with van der Waals surface area (Å²) in [5.41, 5.74) is 8.86. The van der Waals surface area contributed by atoms with E-state index in [2.05, 4.69) is 178 Å². The van der Waals surface area contributed by atoms with Crippen LogP contribution in [0.3, 0.4) is 0 Å². The fourth-order valence-corrected chi connectivity index (χ4v) is 5.86. The Labute approximate surface area is 274 Å². The number of para-hydroxylation sites is 2. The molecule has 4 heterocycles. The zero-order valence-electron chi connectivity index (χ0n) is 29.5. The van der Waals surface area contributed by atoms with Gasteiger partial charge in [0.2, 0.25) is 0 Å². The highest BCUT2D eigenvalue weighted by Crippen LogP contribution is 2.28. The predicted molar refractivity (Wildman–Crippen MR) is 196 cm³/mol. The Kier molecular flexibility index (Phi) is 8.78. The first-order valence-electron chi connectivity index (χ1n) is 16.1. The average molecular weight is 615 g/mol. The van der Waals surface area contributed by atoms with Gasteiger partial charge in [-0.2, -0.15) is 5.10 Å². The van der Waals surface area contributed by atoms with Gasteiger partial charge < -0.3 is 13.7 Å². The molecule has 7 aromatic rings. The molecule has 0 aliphatic carbocycles. The van der Waals surface area contributed by atoms with E-state index in [9.17, 15) is 0 Å². The van der Waals surface area contributed by atoms with Crippen molar-refractivity contribution in [2.75, 3.05) is 0 Å². The molecule has 0 amide bonds. The SMILES string of the molecule is CC(C)(C)n1ccc2ccccc21.Cc1cn(C(C)(C)C)c2ccccc12.Cn1cc(-c2ccc3ncn(C(C)(C)C)c3c2)cn1. The quantitative estimate of drug-likeness (QED) is 0.185. The van der Waals surface area contributed by atoms with Gasteiger partial charge in [-0.25, -0.2) is 4.98 Å². The first-order valence-corrected chi connectivity index (χ1v) is 16.1. The molecule has 0 spiro atoms. The minimum atomic E-state index is 0.0301. The number of hydrogen-bond acceptors (Lipinski definition) is 2. The Morgan fingerprint density at radius 3 is 1.85 bits per heavy atom.